The monoisotopic (exact) mass is 233 g/mol. The van der Waals surface area contributed by atoms with Gasteiger partial charge in [-0.05, 0) is 38.6 Å². The number of piperidine rings is 1. The number of hydrogen-bond acceptors (Lipinski definition) is 3. The van der Waals surface area contributed by atoms with Gasteiger partial charge in [0.15, 0.2) is 0 Å². The van der Waals surface area contributed by atoms with Crippen molar-refractivity contribution >= 4 is 5.91 Å². The molecule has 1 aromatic rings. The van der Waals surface area contributed by atoms with Crippen LogP contribution >= 0.6 is 0 Å². The van der Waals surface area contributed by atoms with Crippen LogP contribution in [0.25, 0.3) is 0 Å². The minimum atomic E-state index is 0.0347. The molecule has 0 saturated carbocycles. The van der Waals surface area contributed by atoms with Crippen molar-refractivity contribution < 1.29 is 4.79 Å². The Morgan fingerprint density at radius 1 is 1.53 bits per heavy atom. The van der Waals surface area contributed by atoms with Crippen molar-refractivity contribution in [3.05, 3.63) is 30.1 Å². The Labute approximate surface area is 102 Å². The summed E-state index contributed by atoms with van der Waals surface area (Å²) < 4.78 is 0. The second kappa shape index (κ2) is 5.77. The van der Waals surface area contributed by atoms with Gasteiger partial charge in [-0.3, -0.25) is 14.7 Å². The summed E-state index contributed by atoms with van der Waals surface area (Å²) in [6.45, 7) is 1.53. The molecule has 4 heteroatoms. The molecule has 1 aliphatic rings. The van der Waals surface area contributed by atoms with E-state index in [-0.39, 0.29) is 11.9 Å². The Balaban J connectivity index is 1.84. The van der Waals surface area contributed by atoms with E-state index in [0.717, 1.165) is 25.1 Å². The molecule has 4 nitrogen and oxygen atoms in total. The van der Waals surface area contributed by atoms with E-state index in [0.29, 0.717) is 6.54 Å². The molecule has 92 valence electrons. The maximum atomic E-state index is 12.0. The molecule has 17 heavy (non-hydrogen) atoms. The lowest BCUT2D eigenvalue weighted by Crippen LogP contribution is -2.47. The molecule has 2 rings (SSSR count). The van der Waals surface area contributed by atoms with E-state index in [9.17, 15) is 4.79 Å². The van der Waals surface area contributed by atoms with E-state index < -0.39 is 0 Å². The van der Waals surface area contributed by atoms with Crippen LogP contribution in [0.1, 0.15) is 25.0 Å². The molecular formula is C13H19N3O. The number of carbonyl (C=O) groups excluding carboxylic acids is 1. The van der Waals surface area contributed by atoms with Gasteiger partial charge in [-0.25, -0.2) is 0 Å². The molecule has 0 spiro atoms. The zero-order valence-electron chi connectivity index (χ0n) is 10.2. The molecule has 2 heterocycles. The highest BCUT2D eigenvalue weighted by atomic mass is 16.2. The zero-order chi connectivity index (χ0) is 12.1. The Hall–Kier alpha value is -1.42. The van der Waals surface area contributed by atoms with Gasteiger partial charge in [-0.15, -0.1) is 0 Å². The first-order valence-electron chi connectivity index (χ1n) is 6.15. The third-order valence-corrected chi connectivity index (χ3v) is 3.24. The predicted molar refractivity (Wildman–Crippen MR) is 66.4 cm³/mol. The molecule has 0 bridgehead atoms. The molecule has 1 aromatic heterocycles. The number of pyridine rings is 1. The van der Waals surface area contributed by atoms with Gasteiger partial charge in [-0.2, -0.15) is 0 Å². The molecule has 1 amide bonds. The van der Waals surface area contributed by atoms with Crippen molar-refractivity contribution in [1.82, 2.24) is 15.2 Å². The number of rotatable bonds is 3. The normalized spacial score (nSPS) is 21.1. The number of likely N-dealkylation sites (N-methyl/N-ethyl adjacent to an activating group) is 1. The first-order chi connectivity index (χ1) is 8.27. The topological polar surface area (TPSA) is 45.2 Å². The number of carbonyl (C=O) groups is 1. The number of nitrogens with one attached hydrogen (secondary N) is 1. The highest BCUT2D eigenvalue weighted by Crippen LogP contribution is 2.14. The second-order valence-corrected chi connectivity index (χ2v) is 4.53. The van der Waals surface area contributed by atoms with E-state index in [1.165, 1.54) is 6.42 Å². The third-order valence-electron chi connectivity index (χ3n) is 3.24. The van der Waals surface area contributed by atoms with Crippen molar-refractivity contribution in [3.63, 3.8) is 0 Å². The molecule has 0 aromatic carbocycles. The molecule has 1 unspecified atom stereocenters. The van der Waals surface area contributed by atoms with E-state index >= 15 is 0 Å². The first kappa shape index (κ1) is 12.0. The Morgan fingerprint density at radius 3 is 3.12 bits per heavy atom. The summed E-state index contributed by atoms with van der Waals surface area (Å²) in [5.41, 5.74) is 0.902. The summed E-state index contributed by atoms with van der Waals surface area (Å²) in [5.74, 6) is 0.123. The molecule has 1 atom stereocenters. The number of likely N-dealkylation sites (tertiary alicyclic amines) is 1. The molecule has 1 aliphatic heterocycles. The maximum absolute atomic E-state index is 12.0. The zero-order valence-corrected chi connectivity index (χ0v) is 10.2. The number of amides is 1. The highest BCUT2D eigenvalue weighted by molar-refractivity contribution is 5.81. The van der Waals surface area contributed by atoms with Crippen molar-refractivity contribution in [1.29, 1.82) is 0 Å². The fourth-order valence-electron chi connectivity index (χ4n) is 2.20. The van der Waals surface area contributed by atoms with Crippen molar-refractivity contribution in [2.24, 2.45) is 0 Å². The van der Waals surface area contributed by atoms with Gasteiger partial charge in [-0.1, -0.05) is 12.5 Å². The van der Waals surface area contributed by atoms with E-state index in [4.69, 9.17) is 0 Å². The lowest BCUT2D eigenvalue weighted by Gasteiger charge is -2.31. The van der Waals surface area contributed by atoms with Crippen molar-refractivity contribution in [3.8, 4) is 0 Å². The second-order valence-electron chi connectivity index (χ2n) is 4.53. The Morgan fingerprint density at radius 2 is 2.41 bits per heavy atom. The van der Waals surface area contributed by atoms with Gasteiger partial charge >= 0.3 is 0 Å². The Kier molecular flexibility index (Phi) is 4.09. The predicted octanol–water partition coefficient (Wildman–Crippen LogP) is 1.18. The van der Waals surface area contributed by atoms with Gasteiger partial charge in [0.1, 0.15) is 0 Å². The van der Waals surface area contributed by atoms with Crippen LogP contribution in [0.5, 0.6) is 0 Å². The molecule has 1 N–H and O–H groups in total. The van der Waals surface area contributed by atoms with Crippen LogP contribution in [0, 0.1) is 0 Å². The Bertz CT molecular complexity index is 366. The van der Waals surface area contributed by atoms with E-state index in [1.807, 2.05) is 25.2 Å². The third kappa shape index (κ3) is 3.27. The molecule has 1 fully saturated rings. The van der Waals surface area contributed by atoms with Gasteiger partial charge < -0.3 is 5.32 Å². The number of nitrogens with zero attached hydrogens (tertiary/aromatic N) is 2. The van der Waals surface area contributed by atoms with Crippen molar-refractivity contribution in [2.45, 2.75) is 31.8 Å². The lowest BCUT2D eigenvalue weighted by atomic mass is 10.0. The SMILES string of the molecule is CN1CCCCC1C(=O)NCc1ccccn1. The van der Waals surface area contributed by atoms with Crippen LogP contribution in [0.15, 0.2) is 24.4 Å². The molecular weight excluding hydrogens is 214 g/mol. The van der Waals surface area contributed by atoms with Crippen LogP contribution in [0.4, 0.5) is 0 Å². The fourth-order valence-corrected chi connectivity index (χ4v) is 2.20. The average molecular weight is 233 g/mol. The fraction of sp³-hybridized carbons (Fsp3) is 0.538. The quantitative estimate of drug-likeness (QED) is 0.852. The van der Waals surface area contributed by atoms with Gasteiger partial charge in [0.2, 0.25) is 5.91 Å². The standard InChI is InChI=1S/C13H19N3O/c1-16-9-5-3-7-12(16)13(17)15-10-11-6-2-4-8-14-11/h2,4,6,8,12H,3,5,7,9-10H2,1H3,(H,15,17). The minimum absolute atomic E-state index is 0.0347. The largest absolute Gasteiger partial charge is 0.349 e. The van der Waals surface area contributed by atoms with E-state index in [2.05, 4.69) is 15.2 Å². The summed E-state index contributed by atoms with van der Waals surface area (Å²) in [5, 5.41) is 2.96. The molecule has 0 aliphatic carbocycles. The highest BCUT2D eigenvalue weighted by Gasteiger charge is 2.25. The summed E-state index contributed by atoms with van der Waals surface area (Å²) in [6.07, 6.45) is 5.05. The summed E-state index contributed by atoms with van der Waals surface area (Å²) in [7, 11) is 2.02. The van der Waals surface area contributed by atoms with Gasteiger partial charge in [0.25, 0.3) is 0 Å². The lowest BCUT2D eigenvalue weighted by molar-refractivity contribution is -0.127. The molecule has 0 radical (unpaired) electrons. The number of aromatic nitrogens is 1. The van der Waals surface area contributed by atoms with Crippen molar-refractivity contribution in [2.75, 3.05) is 13.6 Å². The van der Waals surface area contributed by atoms with Crippen LogP contribution in [0.3, 0.4) is 0 Å². The van der Waals surface area contributed by atoms with Crippen LogP contribution < -0.4 is 5.32 Å². The number of hydrogen-bond donors (Lipinski definition) is 1. The smallest absolute Gasteiger partial charge is 0.237 e. The maximum Gasteiger partial charge on any atom is 0.237 e. The van der Waals surface area contributed by atoms with Crippen LogP contribution in [0.2, 0.25) is 0 Å². The minimum Gasteiger partial charge on any atom is -0.349 e. The van der Waals surface area contributed by atoms with Crippen LogP contribution in [-0.2, 0) is 11.3 Å². The summed E-state index contributed by atoms with van der Waals surface area (Å²) in [6, 6.07) is 5.76. The van der Waals surface area contributed by atoms with E-state index in [1.54, 1.807) is 6.20 Å². The first-order valence-corrected chi connectivity index (χ1v) is 6.15. The molecule has 1 saturated heterocycles. The van der Waals surface area contributed by atoms with Gasteiger partial charge in [0.05, 0.1) is 18.3 Å². The average Bonchev–Trinajstić information content (AvgIpc) is 2.38. The summed E-state index contributed by atoms with van der Waals surface area (Å²) >= 11 is 0. The summed E-state index contributed by atoms with van der Waals surface area (Å²) in [4.78, 5) is 18.3. The van der Waals surface area contributed by atoms with Crippen LogP contribution in [-0.4, -0.2) is 35.4 Å². The van der Waals surface area contributed by atoms with Gasteiger partial charge in [0, 0.05) is 6.20 Å².